The van der Waals surface area contributed by atoms with E-state index in [0.29, 0.717) is 0 Å². The SMILES string of the molecule is CNCc1cccc(C2CCNCC2)c1. The highest BCUT2D eigenvalue weighted by atomic mass is 14.9. The zero-order valence-electron chi connectivity index (χ0n) is 9.42. The van der Waals surface area contributed by atoms with Gasteiger partial charge in [-0.15, -0.1) is 0 Å². The maximum Gasteiger partial charge on any atom is 0.0202 e. The standard InChI is InChI=1S/C13H20N2/c1-14-10-11-3-2-4-13(9-11)12-5-7-15-8-6-12/h2-4,9,12,14-15H,5-8,10H2,1H3. The maximum absolute atomic E-state index is 3.41. The van der Waals surface area contributed by atoms with Crippen molar-refractivity contribution in [2.24, 2.45) is 0 Å². The van der Waals surface area contributed by atoms with Crippen LogP contribution in [0.5, 0.6) is 0 Å². The third-order valence-electron chi connectivity index (χ3n) is 3.14. The first-order chi connectivity index (χ1) is 7.40. The van der Waals surface area contributed by atoms with E-state index in [1.807, 2.05) is 7.05 Å². The minimum absolute atomic E-state index is 0.767. The molecule has 0 atom stereocenters. The third kappa shape index (κ3) is 2.80. The van der Waals surface area contributed by atoms with Gasteiger partial charge in [-0.3, -0.25) is 0 Å². The Labute approximate surface area is 92.1 Å². The van der Waals surface area contributed by atoms with Crippen molar-refractivity contribution < 1.29 is 0 Å². The molecule has 1 aliphatic heterocycles. The maximum atomic E-state index is 3.41. The van der Waals surface area contributed by atoms with Gasteiger partial charge in [0.2, 0.25) is 0 Å². The summed E-state index contributed by atoms with van der Waals surface area (Å²) in [5.41, 5.74) is 2.91. The molecule has 0 saturated carbocycles. The molecule has 0 spiro atoms. The minimum atomic E-state index is 0.767. The average molecular weight is 204 g/mol. The molecule has 0 unspecified atom stereocenters. The number of piperidine rings is 1. The van der Waals surface area contributed by atoms with Gasteiger partial charge < -0.3 is 10.6 Å². The van der Waals surface area contributed by atoms with Gasteiger partial charge in [0, 0.05) is 6.54 Å². The van der Waals surface area contributed by atoms with E-state index in [9.17, 15) is 0 Å². The summed E-state index contributed by atoms with van der Waals surface area (Å²) in [6, 6.07) is 9.01. The molecule has 1 aromatic rings. The topological polar surface area (TPSA) is 24.1 Å². The van der Waals surface area contributed by atoms with Gasteiger partial charge in [0.15, 0.2) is 0 Å². The Hall–Kier alpha value is -0.860. The van der Waals surface area contributed by atoms with Crippen molar-refractivity contribution in [3.05, 3.63) is 35.4 Å². The van der Waals surface area contributed by atoms with E-state index in [0.717, 1.165) is 12.5 Å². The molecular weight excluding hydrogens is 184 g/mol. The second kappa shape index (κ2) is 5.29. The molecule has 2 N–H and O–H groups in total. The lowest BCUT2D eigenvalue weighted by molar-refractivity contribution is 0.460. The van der Waals surface area contributed by atoms with Gasteiger partial charge >= 0.3 is 0 Å². The molecule has 15 heavy (non-hydrogen) atoms. The second-order valence-corrected chi connectivity index (χ2v) is 4.30. The predicted molar refractivity (Wildman–Crippen MR) is 64.1 cm³/mol. The van der Waals surface area contributed by atoms with Gasteiger partial charge in [-0.1, -0.05) is 24.3 Å². The van der Waals surface area contributed by atoms with Crippen molar-refractivity contribution in [3.63, 3.8) is 0 Å². The summed E-state index contributed by atoms with van der Waals surface area (Å²) in [5.74, 6) is 0.767. The zero-order chi connectivity index (χ0) is 10.5. The molecule has 0 bridgehead atoms. The van der Waals surface area contributed by atoms with Crippen molar-refractivity contribution in [1.29, 1.82) is 0 Å². The van der Waals surface area contributed by atoms with E-state index in [1.54, 1.807) is 0 Å². The van der Waals surface area contributed by atoms with Crippen LogP contribution in [0.4, 0.5) is 0 Å². The fourth-order valence-corrected chi connectivity index (χ4v) is 2.32. The fourth-order valence-electron chi connectivity index (χ4n) is 2.32. The lowest BCUT2D eigenvalue weighted by Crippen LogP contribution is -2.26. The quantitative estimate of drug-likeness (QED) is 0.785. The highest BCUT2D eigenvalue weighted by Gasteiger charge is 2.14. The Bertz CT molecular complexity index is 303. The van der Waals surface area contributed by atoms with E-state index in [1.165, 1.54) is 37.1 Å². The largest absolute Gasteiger partial charge is 0.317 e. The van der Waals surface area contributed by atoms with E-state index < -0.39 is 0 Å². The summed E-state index contributed by atoms with van der Waals surface area (Å²) in [6.07, 6.45) is 2.56. The molecule has 2 nitrogen and oxygen atoms in total. The van der Waals surface area contributed by atoms with Crippen LogP contribution in [0.1, 0.15) is 29.9 Å². The minimum Gasteiger partial charge on any atom is -0.317 e. The molecule has 1 aliphatic rings. The Morgan fingerprint density at radius 2 is 2.13 bits per heavy atom. The van der Waals surface area contributed by atoms with Crippen LogP contribution in [0.3, 0.4) is 0 Å². The van der Waals surface area contributed by atoms with Gasteiger partial charge in [-0.2, -0.15) is 0 Å². The highest BCUT2D eigenvalue weighted by molar-refractivity contribution is 5.26. The molecular formula is C13H20N2. The van der Waals surface area contributed by atoms with Crippen LogP contribution in [0.25, 0.3) is 0 Å². The first-order valence-corrected chi connectivity index (χ1v) is 5.84. The van der Waals surface area contributed by atoms with Crippen LogP contribution in [-0.2, 0) is 6.54 Å². The number of hydrogen-bond acceptors (Lipinski definition) is 2. The first kappa shape index (κ1) is 10.7. The molecule has 1 saturated heterocycles. The third-order valence-corrected chi connectivity index (χ3v) is 3.14. The lowest BCUT2D eigenvalue weighted by Gasteiger charge is -2.23. The summed E-state index contributed by atoms with van der Waals surface area (Å²) in [5, 5.41) is 6.61. The second-order valence-electron chi connectivity index (χ2n) is 4.30. The van der Waals surface area contributed by atoms with Crippen molar-refractivity contribution in [3.8, 4) is 0 Å². The van der Waals surface area contributed by atoms with Crippen LogP contribution < -0.4 is 10.6 Å². The monoisotopic (exact) mass is 204 g/mol. The summed E-state index contributed by atoms with van der Waals surface area (Å²) < 4.78 is 0. The first-order valence-electron chi connectivity index (χ1n) is 5.84. The smallest absolute Gasteiger partial charge is 0.0202 e. The molecule has 0 aromatic heterocycles. The van der Waals surface area contributed by atoms with Gasteiger partial charge in [-0.05, 0) is 50.0 Å². The summed E-state index contributed by atoms with van der Waals surface area (Å²) >= 11 is 0. The van der Waals surface area contributed by atoms with Gasteiger partial charge in [0.1, 0.15) is 0 Å². The van der Waals surface area contributed by atoms with Crippen LogP contribution >= 0.6 is 0 Å². The molecule has 1 heterocycles. The molecule has 82 valence electrons. The number of nitrogens with one attached hydrogen (secondary N) is 2. The summed E-state index contributed by atoms with van der Waals surface area (Å²) in [7, 11) is 2.00. The fraction of sp³-hybridized carbons (Fsp3) is 0.538. The van der Waals surface area contributed by atoms with Gasteiger partial charge in [0.05, 0.1) is 0 Å². The number of hydrogen-bond donors (Lipinski definition) is 2. The van der Waals surface area contributed by atoms with Crippen LogP contribution in [0, 0.1) is 0 Å². The van der Waals surface area contributed by atoms with Crippen LogP contribution in [0.2, 0.25) is 0 Å². The average Bonchev–Trinajstić information content (AvgIpc) is 2.31. The summed E-state index contributed by atoms with van der Waals surface area (Å²) in [6.45, 7) is 3.31. The molecule has 2 rings (SSSR count). The Morgan fingerprint density at radius 3 is 2.87 bits per heavy atom. The van der Waals surface area contributed by atoms with Crippen LogP contribution in [-0.4, -0.2) is 20.1 Å². The van der Waals surface area contributed by atoms with E-state index in [2.05, 4.69) is 34.9 Å². The summed E-state index contributed by atoms with van der Waals surface area (Å²) in [4.78, 5) is 0. The molecule has 1 fully saturated rings. The van der Waals surface area contributed by atoms with E-state index in [-0.39, 0.29) is 0 Å². The van der Waals surface area contributed by atoms with Crippen molar-refractivity contribution in [1.82, 2.24) is 10.6 Å². The van der Waals surface area contributed by atoms with Crippen LogP contribution in [0.15, 0.2) is 24.3 Å². The molecule has 2 heteroatoms. The molecule has 1 aromatic carbocycles. The van der Waals surface area contributed by atoms with Gasteiger partial charge in [-0.25, -0.2) is 0 Å². The lowest BCUT2D eigenvalue weighted by atomic mass is 9.89. The molecule has 0 radical (unpaired) electrons. The predicted octanol–water partition coefficient (Wildman–Crippen LogP) is 1.87. The Morgan fingerprint density at radius 1 is 1.33 bits per heavy atom. The normalized spacial score (nSPS) is 17.9. The number of rotatable bonds is 3. The van der Waals surface area contributed by atoms with Gasteiger partial charge in [0.25, 0.3) is 0 Å². The van der Waals surface area contributed by atoms with Crippen molar-refractivity contribution in [2.45, 2.75) is 25.3 Å². The Kier molecular flexibility index (Phi) is 3.75. The van der Waals surface area contributed by atoms with E-state index in [4.69, 9.17) is 0 Å². The van der Waals surface area contributed by atoms with Crippen molar-refractivity contribution in [2.75, 3.05) is 20.1 Å². The van der Waals surface area contributed by atoms with Crippen molar-refractivity contribution >= 4 is 0 Å². The Balaban J connectivity index is 2.09. The number of benzene rings is 1. The molecule has 0 aliphatic carbocycles. The van der Waals surface area contributed by atoms with E-state index >= 15 is 0 Å². The molecule has 0 amide bonds. The highest BCUT2D eigenvalue weighted by Crippen LogP contribution is 2.25. The zero-order valence-corrected chi connectivity index (χ0v) is 9.42.